The first-order chi connectivity index (χ1) is 9.14. The van der Waals surface area contributed by atoms with E-state index in [9.17, 15) is 4.79 Å². The van der Waals surface area contributed by atoms with Crippen molar-refractivity contribution in [2.45, 2.75) is 26.8 Å². The van der Waals surface area contributed by atoms with E-state index in [1.807, 2.05) is 18.2 Å². The van der Waals surface area contributed by atoms with Crippen LogP contribution in [0.15, 0.2) is 18.2 Å². The van der Waals surface area contributed by atoms with Crippen molar-refractivity contribution in [2.24, 2.45) is 5.84 Å². The third kappa shape index (κ3) is 4.54. The second kappa shape index (κ2) is 7.76. The number of carbonyl (C=O) groups is 1. The number of rotatable bonds is 7. The number of amides is 1. The highest BCUT2D eigenvalue weighted by molar-refractivity contribution is 5.78. The van der Waals surface area contributed by atoms with Crippen molar-refractivity contribution in [3.05, 3.63) is 29.3 Å². The number of nitrogens with two attached hydrogens (primary N) is 1. The fraction of sp³-hybridized carbons (Fsp3) is 0.500. The largest absolute Gasteiger partial charge is 0.496 e. The maximum absolute atomic E-state index is 11.3. The second-order valence-electron chi connectivity index (χ2n) is 4.35. The molecule has 0 aliphatic heterocycles. The molecule has 1 aromatic rings. The van der Waals surface area contributed by atoms with Crippen LogP contribution >= 0.6 is 0 Å². The fourth-order valence-electron chi connectivity index (χ4n) is 1.99. The molecule has 1 aromatic carbocycles. The van der Waals surface area contributed by atoms with Crippen molar-refractivity contribution in [3.63, 3.8) is 0 Å². The Balaban J connectivity index is 2.92. The van der Waals surface area contributed by atoms with Crippen LogP contribution in [-0.4, -0.2) is 31.0 Å². The molecule has 0 saturated heterocycles. The normalized spacial score (nSPS) is 10.6. The molecule has 0 atom stereocenters. The molecule has 1 rings (SSSR count). The van der Waals surface area contributed by atoms with E-state index in [-0.39, 0.29) is 12.3 Å². The van der Waals surface area contributed by atoms with Gasteiger partial charge in [0.05, 0.1) is 13.5 Å². The Morgan fingerprint density at radius 3 is 2.58 bits per heavy atom. The molecule has 0 heterocycles. The molecule has 0 unspecified atom stereocenters. The van der Waals surface area contributed by atoms with Gasteiger partial charge in [-0.1, -0.05) is 26.0 Å². The highest BCUT2D eigenvalue weighted by atomic mass is 16.5. The smallest absolute Gasteiger partial charge is 0.238 e. The Hall–Kier alpha value is -1.59. The number of hydrogen-bond acceptors (Lipinski definition) is 4. The lowest BCUT2D eigenvalue weighted by molar-refractivity contribution is -0.120. The van der Waals surface area contributed by atoms with Gasteiger partial charge in [0.25, 0.3) is 0 Å². The van der Waals surface area contributed by atoms with Crippen LogP contribution in [-0.2, 0) is 17.8 Å². The van der Waals surface area contributed by atoms with Gasteiger partial charge >= 0.3 is 0 Å². The van der Waals surface area contributed by atoms with Gasteiger partial charge in [-0.05, 0) is 24.7 Å². The lowest BCUT2D eigenvalue weighted by Crippen LogP contribution is -2.31. The Morgan fingerprint density at radius 1 is 1.37 bits per heavy atom. The molecule has 0 saturated carbocycles. The van der Waals surface area contributed by atoms with Crippen molar-refractivity contribution in [1.29, 1.82) is 0 Å². The molecule has 19 heavy (non-hydrogen) atoms. The predicted molar refractivity (Wildman–Crippen MR) is 75.7 cm³/mol. The summed E-state index contributed by atoms with van der Waals surface area (Å²) in [5, 5.41) is 0. The first kappa shape index (κ1) is 15.5. The maximum Gasteiger partial charge on any atom is 0.238 e. The van der Waals surface area contributed by atoms with Gasteiger partial charge in [0.15, 0.2) is 0 Å². The van der Waals surface area contributed by atoms with E-state index in [1.165, 1.54) is 0 Å². The molecule has 0 spiro atoms. The monoisotopic (exact) mass is 265 g/mol. The van der Waals surface area contributed by atoms with E-state index >= 15 is 0 Å². The lowest BCUT2D eigenvalue weighted by atomic mass is 10.1. The van der Waals surface area contributed by atoms with Crippen molar-refractivity contribution in [3.8, 4) is 5.75 Å². The van der Waals surface area contributed by atoms with Crippen molar-refractivity contribution in [2.75, 3.05) is 20.2 Å². The Labute approximate surface area is 114 Å². The van der Waals surface area contributed by atoms with Crippen LogP contribution in [0.3, 0.4) is 0 Å². The molecule has 5 heteroatoms. The molecule has 0 radical (unpaired) electrons. The number of carbonyl (C=O) groups excluding carboxylic acids is 1. The molecule has 0 aliphatic carbocycles. The number of methoxy groups -OCH3 is 1. The number of nitrogens with one attached hydrogen (secondary N) is 1. The summed E-state index contributed by atoms with van der Waals surface area (Å²) < 4.78 is 5.37. The minimum Gasteiger partial charge on any atom is -0.496 e. The minimum absolute atomic E-state index is 0.195. The van der Waals surface area contributed by atoms with Crippen LogP contribution in [0.2, 0.25) is 0 Å². The lowest BCUT2D eigenvalue weighted by Gasteiger charge is -2.20. The van der Waals surface area contributed by atoms with Crippen molar-refractivity contribution >= 4 is 5.91 Å². The van der Waals surface area contributed by atoms with Crippen LogP contribution in [0.4, 0.5) is 0 Å². The van der Waals surface area contributed by atoms with Crippen LogP contribution < -0.4 is 16.0 Å². The van der Waals surface area contributed by atoms with Gasteiger partial charge in [-0.2, -0.15) is 0 Å². The van der Waals surface area contributed by atoms with Crippen LogP contribution in [0.1, 0.15) is 25.0 Å². The average molecular weight is 265 g/mol. The summed E-state index contributed by atoms with van der Waals surface area (Å²) in [6, 6.07) is 5.80. The van der Waals surface area contributed by atoms with E-state index in [1.54, 1.807) is 7.11 Å². The van der Waals surface area contributed by atoms with E-state index in [0.717, 1.165) is 36.5 Å². The van der Waals surface area contributed by atoms with Gasteiger partial charge < -0.3 is 4.74 Å². The Bertz CT molecular complexity index is 417. The third-order valence-corrected chi connectivity index (χ3v) is 3.16. The van der Waals surface area contributed by atoms with Gasteiger partial charge in [-0.25, -0.2) is 5.84 Å². The standard InChI is InChI=1S/C14H23N3O2/c1-4-17(5-2)10-12-8-11(9-14(18)16-15)6-7-13(12)19-3/h6-8H,4-5,9-10,15H2,1-3H3,(H,16,18). The van der Waals surface area contributed by atoms with Crippen molar-refractivity contribution < 1.29 is 9.53 Å². The fourth-order valence-corrected chi connectivity index (χ4v) is 1.99. The third-order valence-electron chi connectivity index (χ3n) is 3.16. The summed E-state index contributed by atoms with van der Waals surface area (Å²) in [7, 11) is 1.66. The van der Waals surface area contributed by atoms with E-state index in [4.69, 9.17) is 10.6 Å². The number of benzene rings is 1. The van der Waals surface area contributed by atoms with Gasteiger partial charge in [0, 0.05) is 12.1 Å². The SMILES string of the molecule is CCN(CC)Cc1cc(CC(=O)NN)ccc1OC. The van der Waals surface area contributed by atoms with Crippen LogP contribution in [0.5, 0.6) is 5.75 Å². The number of hydrazine groups is 1. The summed E-state index contributed by atoms with van der Waals surface area (Å²) in [6.45, 7) is 7.03. The van der Waals surface area contributed by atoms with Crippen LogP contribution in [0.25, 0.3) is 0 Å². The summed E-state index contributed by atoms with van der Waals surface area (Å²) in [5.74, 6) is 5.76. The first-order valence-electron chi connectivity index (χ1n) is 6.52. The molecule has 1 amide bonds. The summed E-state index contributed by atoms with van der Waals surface area (Å²) >= 11 is 0. The predicted octanol–water partition coefficient (Wildman–Crippen LogP) is 1.07. The van der Waals surface area contributed by atoms with Gasteiger partial charge in [0.2, 0.25) is 5.91 Å². The molecular formula is C14H23N3O2. The zero-order valence-corrected chi connectivity index (χ0v) is 11.9. The molecule has 3 N–H and O–H groups in total. The van der Waals surface area contributed by atoms with E-state index < -0.39 is 0 Å². The maximum atomic E-state index is 11.3. The number of nitrogens with zero attached hydrogens (tertiary/aromatic N) is 1. The van der Waals surface area contributed by atoms with Crippen LogP contribution in [0, 0.1) is 0 Å². The highest BCUT2D eigenvalue weighted by Gasteiger charge is 2.10. The molecule has 5 nitrogen and oxygen atoms in total. The average Bonchev–Trinajstić information content (AvgIpc) is 2.44. The topological polar surface area (TPSA) is 67.6 Å². The summed E-state index contributed by atoms with van der Waals surface area (Å²) in [6.07, 6.45) is 0.283. The number of ether oxygens (including phenoxy) is 1. The molecule has 0 aromatic heterocycles. The summed E-state index contributed by atoms with van der Waals surface area (Å²) in [4.78, 5) is 13.6. The molecule has 106 valence electrons. The van der Waals surface area contributed by atoms with E-state index in [2.05, 4.69) is 24.2 Å². The van der Waals surface area contributed by atoms with E-state index in [0.29, 0.717) is 0 Å². The first-order valence-corrected chi connectivity index (χ1v) is 6.52. The molecular weight excluding hydrogens is 242 g/mol. The van der Waals surface area contributed by atoms with Gasteiger partial charge in [0.1, 0.15) is 5.75 Å². The summed E-state index contributed by atoms with van der Waals surface area (Å²) in [5.41, 5.74) is 4.17. The molecule has 0 fully saturated rings. The quantitative estimate of drug-likeness (QED) is 0.439. The highest BCUT2D eigenvalue weighted by Crippen LogP contribution is 2.22. The zero-order chi connectivity index (χ0) is 14.3. The van der Waals surface area contributed by atoms with Gasteiger partial charge in [-0.15, -0.1) is 0 Å². The van der Waals surface area contributed by atoms with Gasteiger partial charge in [-0.3, -0.25) is 15.1 Å². The number of hydrogen-bond donors (Lipinski definition) is 2. The molecule has 0 aliphatic rings. The Kier molecular flexibility index (Phi) is 6.32. The molecule has 0 bridgehead atoms. The second-order valence-corrected chi connectivity index (χ2v) is 4.35. The minimum atomic E-state index is -0.195. The van der Waals surface area contributed by atoms with Crippen molar-refractivity contribution in [1.82, 2.24) is 10.3 Å². The Morgan fingerprint density at radius 2 is 2.05 bits per heavy atom. The zero-order valence-electron chi connectivity index (χ0n) is 11.9.